The molecule has 0 bridgehead atoms. The summed E-state index contributed by atoms with van der Waals surface area (Å²) in [4.78, 5) is 8.48. The molecule has 0 amide bonds. The van der Waals surface area contributed by atoms with Crippen molar-refractivity contribution >= 4 is 11.3 Å². The Balaban J connectivity index is 1.26. The molecule has 3 aromatic rings. The number of aromatic nitrogens is 4. The summed E-state index contributed by atoms with van der Waals surface area (Å²) < 4.78 is 7.73. The van der Waals surface area contributed by atoms with Crippen LogP contribution in [0.25, 0.3) is 0 Å². The molecular formula is C17H19N5OS. The minimum atomic E-state index is 0.444. The van der Waals surface area contributed by atoms with Crippen LogP contribution in [-0.2, 0) is 26.1 Å². The van der Waals surface area contributed by atoms with Crippen LogP contribution < -0.4 is 10.1 Å². The number of hydrogen-bond acceptors (Lipinski definition) is 6. The Kier molecular flexibility index (Phi) is 4.53. The Hall–Kier alpha value is -2.25. The van der Waals surface area contributed by atoms with Crippen molar-refractivity contribution in [1.29, 1.82) is 0 Å². The lowest BCUT2D eigenvalue weighted by Gasteiger charge is -2.23. The quantitative estimate of drug-likeness (QED) is 0.746. The second kappa shape index (κ2) is 7.11. The van der Waals surface area contributed by atoms with E-state index in [9.17, 15) is 0 Å². The molecule has 3 heterocycles. The predicted molar refractivity (Wildman–Crippen MR) is 91.9 cm³/mol. The summed E-state index contributed by atoms with van der Waals surface area (Å²) in [6.07, 6.45) is 3.73. The first-order valence-corrected chi connectivity index (χ1v) is 9.00. The van der Waals surface area contributed by atoms with Gasteiger partial charge in [0.15, 0.2) is 0 Å². The maximum Gasteiger partial charge on any atom is 0.138 e. The Morgan fingerprint density at radius 3 is 3.00 bits per heavy atom. The molecule has 4 rings (SSSR count). The van der Waals surface area contributed by atoms with Crippen LogP contribution in [0.2, 0.25) is 0 Å². The second-order valence-corrected chi connectivity index (χ2v) is 6.61. The highest BCUT2D eigenvalue weighted by molar-refractivity contribution is 7.07. The van der Waals surface area contributed by atoms with E-state index in [4.69, 9.17) is 4.74 Å². The number of thiazole rings is 1. The number of hydrogen-bond donors (Lipinski definition) is 1. The molecular weight excluding hydrogens is 322 g/mol. The summed E-state index contributed by atoms with van der Waals surface area (Å²) in [5.74, 6) is 1.96. The maximum absolute atomic E-state index is 5.74. The highest BCUT2D eigenvalue weighted by Gasteiger charge is 2.18. The van der Waals surface area contributed by atoms with Gasteiger partial charge in [0, 0.05) is 24.4 Å². The Bertz CT molecular complexity index is 769. The van der Waals surface area contributed by atoms with Gasteiger partial charge < -0.3 is 10.1 Å². The first-order chi connectivity index (χ1) is 11.9. The summed E-state index contributed by atoms with van der Waals surface area (Å²) in [7, 11) is 0. The van der Waals surface area contributed by atoms with Gasteiger partial charge in [-0.1, -0.05) is 12.1 Å². The van der Waals surface area contributed by atoms with Gasteiger partial charge in [-0.3, -0.25) is 0 Å². The van der Waals surface area contributed by atoms with Gasteiger partial charge in [-0.05, 0) is 24.1 Å². The first kappa shape index (κ1) is 15.3. The van der Waals surface area contributed by atoms with Crippen molar-refractivity contribution < 1.29 is 4.74 Å². The third kappa shape index (κ3) is 3.63. The minimum Gasteiger partial charge on any atom is -0.487 e. The van der Waals surface area contributed by atoms with Crippen molar-refractivity contribution in [2.24, 2.45) is 0 Å². The number of nitrogens with zero attached hydrogens (tertiary/aromatic N) is 4. The zero-order chi connectivity index (χ0) is 16.2. The average Bonchev–Trinajstić information content (AvgIpc) is 3.30. The number of nitrogens with one attached hydrogen (secondary N) is 1. The normalized spacial score (nSPS) is 16.8. The smallest absolute Gasteiger partial charge is 0.138 e. The average molecular weight is 341 g/mol. The second-order valence-electron chi connectivity index (χ2n) is 5.89. The number of fused-ring (bicyclic) bond motifs is 1. The van der Waals surface area contributed by atoms with Crippen LogP contribution in [0.3, 0.4) is 0 Å². The molecule has 1 aromatic carbocycles. The lowest BCUT2D eigenvalue weighted by molar-refractivity contribution is 0.302. The van der Waals surface area contributed by atoms with E-state index in [2.05, 4.69) is 32.5 Å². The third-order valence-electron chi connectivity index (χ3n) is 4.19. The van der Waals surface area contributed by atoms with Crippen LogP contribution >= 0.6 is 11.3 Å². The van der Waals surface area contributed by atoms with E-state index in [1.807, 2.05) is 27.7 Å². The summed E-state index contributed by atoms with van der Waals surface area (Å²) in [6, 6.07) is 8.68. The van der Waals surface area contributed by atoms with Crippen molar-refractivity contribution in [1.82, 2.24) is 25.1 Å². The molecule has 24 heavy (non-hydrogen) atoms. The maximum atomic E-state index is 5.74. The van der Waals surface area contributed by atoms with Gasteiger partial charge in [0.2, 0.25) is 0 Å². The molecule has 6 nitrogen and oxygen atoms in total. The number of rotatable bonds is 6. The first-order valence-electron chi connectivity index (χ1n) is 8.06. The van der Waals surface area contributed by atoms with Crippen molar-refractivity contribution in [3.05, 3.63) is 58.6 Å². The zero-order valence-electron chi connectivity index (χ0n) is 13.3. The molecule has 0 radical (unpaired) electrons. The Labute approximate surface area is 144 Å². The third-order valence-corrected chi connectivity index (χ3v) is 4.83. The molecule has 1 unspecified atom stereocenters. The SMILES string of the molecule is c1nc2n(n1)CC(NCc1ccc(OCc3cscn3)cc1)CC2. The lowest BCUT2D eigenvalue weighted by Crippen LogP contribution is -2.37. The molecule has 1 atom stereocenters. The van der Waals surface area contributed by atoms with Gasteiger partial charge in [-0.15, -0.1) is 11.3 Å². The molecule has 124 valence electrons. The van der Waals surface area contributed by atoms with Crippen LogP contribution in [0.15, 0.2) is 41.5 Å². The van der Waals surface area contributed by atoms with Gasteiger partial charge in [0.1, 0.15) is 24.5 Å². The standard InChI is InChI=1S/C17H19N5OS/c1-4-16(23-9-15-10-24-12-20-15)5-2-13(1)7-18-14-3-6-17-19-11-21-22(17)8-14/h1-2,4-5,10-12,14,18H,3,6-9H2. The molecule has 7 heteroatoms. The van der Waals surface area contributed by atoms with Crippen LogP contribution in [0.1, 0.15) is 23.5 Å². The fourth-order valence-corrected chi connectivity index (χ4v) is 3.38. The zero-order valence-corrected chi connectivity index (χ0v) is 14.1. The van der Waals surface area contributed by atoms with Crippen molar-refractivity contribution in [2.75, 3.05) is 0 Å². The largest absolute Gasteiger partial charge is 0.487 e. The van der Waals surface area contributed by atoms with Crippen LogP contribution in [0.5, 0.6) is 5.75 Å². The van der Waals surface area contributed by atoms with Gasteiger partial charge in [-0.25, -0.2) is 14.6 Å². The summed E-state index contributed by atoms with van der Waals surface area (Å²) >= 11 is 1.58. The van der Waals surface area contributed by atoms with E-state index in [1.54, 1.807) is 17.7 Å². The fraction of sp³-hybridized carbons (Fsp3) is 0.353. The summed E-state index contributed by atoms with van der Waals surface area (Å²) in [6.45, 7) is 2.26. The van der Waals surface area contributed by atoms with E-state index in [0.29, 0.717) is 12.6 Å². The van der Waals surface area contributed by atoms with Crippen LogP contribution in [0, 0.1) is 0 Å². The molecule has 0 spiro atoms. The minimum absolute atomic E-state index is 0.444. The Morgan fingerprint density at radius 1 is 1.25 bits per heavy atom. The number of ether oxygens (including phenoxy) is 1. The number of benzene rings is 1. The Morgan fingerprint density at radius 2 is 2.17 bits per heavy atom. The van der Waals surface area contributed by atoms with Crippen molar-refractivity contribution in [3.63, 3.8) is 0 Å². The fourth-order valence-electron chi connectivity index (χ4n) is 2.84. The molecule has 0 saturated carbocycles. The molecule has 1 N–H and O–H groups in total. The van der Waals surface area contributed by atoms with Crippen LogP contribution in [-0.4, -0.2) is 25.8 Å². The molecule has 2 aromatic heterocycles. The molecule has 0 fully saturated rings. The van der Waals surface area contributed by atoms with Crippen LogP contribution in [0.4, 0.5) is 0 Å². The van der Waals surface area contributed by atoms with Gasteiger partial charge in [0.05, 0.1) is 17.7 Å². The molecule has 1 aliphatic heterocycles. The topological polar surface area (TPSA) is 64.9 Å². The van der Waals surface area contributed by atoms with Gasteiger partial charge in [0.25, 0.3) is 0 Å². The molecule has 0 aliphatic carbocycles. The highest BCUT2D eigenvalue weighted by atomic mass is 32.1. The van der Waals surface area contributed by atoms with E-state index >= 15 is 0 Å². The monoisotopic (exact) mass is 341 g/mol. The molecule has 0 saturated heterocycles. The van der Waals surface area contributed by atoms with Crippen molar-refractivity contribution in [3.8, 4) is 5.75 Å². The predicted octanol–water partition coefficient (Wildman–Crippen LogP) is 2.42. The van der Waals surface area contributed by atoms with E-state index < -0.39 is 0 Å². The number of aryl methyl sites for hydroxylation is 1. The van der Waals surface area contributed by atoms with E-state index in [-0.39, 0.29) is 0 Å². The van der Waals surface area contributed by atoms with Gasteiger partial charge in [-0.2, -0.15) is 5.10 Å². The molecule has 1 aliphatic rings. The highest BCUT2D eigenvalue weighted by Crippen LogP contribution is 2.16. The van der Waals surface area contributed by atoms with E-state index in [1.165, 1.54) is 5.56 Å². The van der Waals surface area contributed by atoms with Gasteiger partial charge >= 0.3 is 0 Å². The van der Waals surface area contributed by atoms with E-state index in [0.717, 1.165) is 43.2 Å². The summed E-state index contributed by atoms with van der Waals surface area (Å²) in [5.41, 5.74) is 4.04. The lowest BCUT2D eigenvalue weighted by atomic mass is 10.1. The van der Waals surface area contributed by atoms with Crippen molar-refractivity contribution in [2.45, 2.75) is 38.6 Å². The summed E-state index contributed by atoms with van der Waals surface area (Å²) in [5, 5.41) is 9.87.